The van der Waals surface area contributed by atoms with Gasteiger partial charge in [0.2, 0.25) is 0 Å². The monoisotopic (exact) mass is 430 g/mol. The summed E-state index contributed by atoms with van der Waals surface area (Å²) in [6.45, 7) is 6.45. The van der Waals surface area contributed by atoms with Crippen LogP contribution in [0.3, 0.4) is 0 Å². The predicted octanol–water partition coefficient (Wildman–Crippen LogP) is 4.59. The standard InChI is InChI=1S/C24H22N4O2S/c1-15-9-16(2)11-18(10-15)13-28-8-7-19(12-22(28)29)23(30)27-24-26-21(14-31-24)20-6-4-5-17(3)25-20/h4-12,14H,13H2,1-3H3,(H,26,27,30). The number of aromatic nitrogens is 3. The Kier molecular flexibility index (Phi) is 5.77. The van der Waals surface area contributed by atoms with Gasteiger partial charge in [-0.05, 0) is 44.5 Å². The number of rotatable bonds is 5. The molecule has 4 rings (SSSR count). The third kappa shape index (κ3) is 4.95. The first-order valence-electron chi connectivity index (χ1n) is 9.86. The van der Waals surface area contributed by atoms with Crippen LogP contribution >= 0.6 is 11.3 Å². The maximum Gasteiger partial charge on any atom is 0.257 e. The number of pyridine rings is 2. The minimum atomic E-state index is -0.367. The summed E-state index contributed by atoms with van der Waals surface area (Å²) in [4.78, 5) is 34.1. The van der Waals surface area contributed by atoms with Gasteiger partial charge in [-0.1, -0.05) is 35.4 Å². The normalized spacial score (nSPS) is 10.8. The predicted molar refractivity (Wildman–Crippen MR) is 124 cm³/mol. The molecule has 0 fully saturated rings. The molecule has 4 aromatic rings. The number of hydrogen-bond acceptors (Lipinski definition) is 5. The molecule has 6 nitrogen and oxygen atoms in total. The highest BCUT2D eigenvalue weighted by Gasteiger charge is 2.12. The first kappa shape index (κ1) is 20.7. The van der Waals surface area contributed by atoms with Gasteiger partial charge >= 0.3 is 0 Å². The maximum atomic E-state index is 12.6. The molecular weight excluding hydrogens is 408 g/mol. The Morgan fingerprint density at radius 1 is 1.00 bits per heavy atom. The van der Waals surface area contributed by atoms with Gasteiger partial charge in [0.05, 0.1) is 12.2 Å². The van der Waals surface area contributed by atoms with E-state index in [4.69, 9.17) is 0 Å². The van der Waals surface area contributed by atoms with Crippen molar-refractivity contribution in [3.63, 3.8) is 0 Å². The third-order valence-electron chi connectivity index (χ3n) is 4.77. The maximum absolute atomic E-state index is 12.6. The molecule has 0 saturated carbocycles. The van der Waals surface area contributed by atoms with Crippen molar-refractivity contribution < 1.29 is 4.79 Å². The van der Waals surface area contributed by atoms with Crippen molar-refractivity contribution in [3.05, 3.63) is 98.4 Å². The van der Waals surface area contributed by atoms with E-state index in [-0.39, 0.29) is 11.5 Å². The lowest BCUT2D eigenvalue weighted by molar-refractivity contribution is 0.102. The van der Waals surface area contributed by atoms with E-state index >= 15 is 0 Å². The van der Waals surface area contributed by atoms with E-state index in [0.29, 0.717) is 22.9 Å². The highest BCUT2D eigenvalue weighted by Crippen LogP contribution is 2.24. The van der Waals surface area contributed by atoms with Crippen molar-refractivity contribution in [2.45, 2.75) is 27.3 Å². The van der Waals surface area contributed by atoms with Crippen LogP contribution in [0.1, 0.15) is 32.7 Å². The SMILES string of the molecule is Cc1cc(C)cc(Cn2ccc(C(=O)Nc3nc(-c4cccc(C)n4)cs3)cc2=O)c1. The van der Waals surface area contributed by atoms with E-state index in [9.17, 15) is 9.59 Å². The first-order valence-corrected chi connectivity index (χ1v) is 10.7. The summed E-state index contributed by atoms with van der Waals surface area (Å²) >= 11 is 1.32. The van der Waals surface area contributed by atoms with Crippen molar-refractivity contribution in [3.8, 4) is 11.4 Å². The van der Waals surface area contributed by atoms with E-state index in [1.165, 1.54) is 17.4 Å². The van der Waals surface area contributed by atoms with Crippen LogP contribution in [0.2, 0.25) is 0 Å². The first-order chi connectivity index (χ1) is 14.9. The molecule has 156 valence electrons. The van der Waals surface area contributed by atoms with Gasteiger partial charge in [-0.3, -0.25) is 19.9 Å². The molecule has 0 saturated heterocycles. The lowest BCUT2D eigenvalue weighted by Crippen LogP contribution is -2.22. The van der Waals surface area contributed by atoms with E-state index in [0.717, 1.165) is 28.1 Å². The van der Waals surface area contributed by atoms with Gasteiger partial charge in [0.1, 0.15) is 5.69 Å². The van der Waals surface area contributed by atoms with Crippen molar-refractivity contribution in [2.75, 3.05) is 5.32 Å². The average molecular weight is 431 g/mol. The topological polar surface area (TPSA) is 76.9 Å². The van der Waals surface area contributed by atoms with Gasteiger partial charge in [-0.15, -0.1) is 11.3 Å². The van der Waals surface area contributed by atoms with Gasteiger partial charge in [0, 0.05) is 28.9 Å². The molecule has 0 spiro atoms. The van der Waals surface area contributed by atoms with Crippen LogP contribution in [0.4, 0.5) is 5.13 Å². The molecule has 0 aliphatic carbocycles. The summed E-state index contributed by atoms with van der Waals surface area (Å²) in [6, 6.07) is 14.9. The molecule has 1 N–H and O–H groups in total. The third-order valence-corrected chi connectivity index (χ3v) is 5.53. The summed E-state index contributed by atoms with van der Waals surface area (Å²) < 4.78 is 1.59. The summed E-state index contributed by atoms with van der Waals surface area (Å²) in [5.41, 5.74) is 5.79. The van der Waals surface area contributed by atoms with Crippen LogP contribution in [0.5, 0.6) is 0 Å². The number of anilines is 1. The molecule has 1 aromatic carbocycles. The molecule has 3 aromatic heterocycles. The number of aryl methyl sites for hydroxylation is 3. The zero-order valence-electron chi connectivity index (χ0n) is 17.5. The minimum Gasteiger partial charge on any atom is -0.311 e. The zero-order valence-corrected chi connectivity index (χ0v) is 18.4. The van der Waals surface area contributed by atoms with Gasteiger partial charge in [0.15, 0.2) is 5.13 Å². The van der Waals surface area contributed by atoms with Crippen LogP contribution in [0.15, 0.2) is 64.9 Å². The molecule has 0 unspecified atom stereocenters. The fourth-order valence-electron chi connectivity index (χ4n) is 3.44. The fourth-order valence-corrected chi connectivity index (χ4v) is 4.14. The van der Waals surface area contributed by atoms with E-state index < -0.39 is 0 Å². The summed E-state index contributed by atoms with van der Waals surface area (Å²) in [6.07, 6.45) is 1.65. The van der Waals surface area contributed by atoms with Crippen molar-refractivity contribution in [1.29, 1.82) is 0 Å². The van der Waals surface area contributed by atoms with Crippen LogP contribution < -0.4 is 10.9 Å². The molecule has 31 heavy (non-hydrogen) atoms. The number of carbonyl (C=O) groups excluding carboxylic acids is 1. The van der Waals surface area contributed by atoms with Gasteiger partial charge in [-0.2, -0.15) is 0 Å². The lowest BCUT2D eigenvalue weighted by atomic mass is 10.1. The zero-order chi connectivity index (χ0) is 22.0. The Morgan fingerprint density at radius 3 is 2.48 bits per heavy atom. The highest BCUT2D eigenvalue weighted by molar-refractivity contribution is 7.14. The molecule has 1 amide bonds. The quantitative estimate of drug-likeness (QED) is 0.502. The number of benzene rings is 1. The smallest absolute Gasteiger partial charge is 0.257 e. The Bertz CT molecular complexity index is 1300. The summed E-state index contributed by atoms with van der Waals surface area (Å²) in [7, 11) is 0. The second-order valence-corrected chi connectivity index (χ2v) is 8.39. The lowest BCUT2D eigenvalue weighted by Gasteiger charge is -2.09. The van der Waals surface area contributed by atoms with Crippen LogP contribution in [-0.2, 0) is 6.54 Å². The number of carbonyl (C=O) groups is 1. The number of thiazole rings is 1. The number of amides is 1. The fraction of sp³-hybridized carbons (Fsp3) is 0.167. The molecule has 0 radical (unpaired) electrons. The second-order valence-electron chi connectivity index (χ2n) is 7.53. The molecule has 0 bridgehead atoms. The summed E-state index contributed by atoms with van der Waals surface area (Å²) in [5, 5.41) is 5.07. The average Bonchev–Trinajstić information content (AvgIpc) is 3.17. The number of nitrogens with one attached hydrogen (secondary N) is 1. The summed E-state index contributed by atoms with van der Waals surface area (Å²) in [5.74, 6) is -0.367. The minimum absolute atomic E-state index is 0.226. The van der Waals surface area contributed by atoms with Crippen LogP contribution in [0, 0.1) is 20.8 Å². The molecule has 0 atom stereocenters. The Balaban J connectivity index is 1.48. The molecule has 7 heteroatoms. The van der Waals surface area contributed by atoms with Gasteiger partial charge in [0.25, 0.3) is 11.5 Å². The number of hydrogen-bond donors (Lipinski definition) is 1. The van der Waals surface area contributed by atoms with Crippen molar-refractivity contribution in [2.24, 2.45) is 0 Å². The Morgan fingerprint density at radius 2 is 1.77 bits per heavy atom. The van der Waals surface area contributed by atoms with E-state index in [1.807, 2.05) is 44.4 Å². The molecule has 0 aliphatic heterocycles. The van der Waals surface area contributed by atoms with Gasteiger partial charge < -0.3 is 4.57 Å². The largest absolute Gasteiger partial charge is 0.311 e. The van der Waals surface area contributed by atoms with Crippen molar-refractivity contribution >= 4 is 22.4 Å². The Labute approximate surface area is 184 Å². The van der Waals surface area contributed by atoms with E-state index in [1.54, 1.807) is 16.8 Å². The Hall–Kier alpha value is -3.58. The molecule has 0 aliphatic rings. The number of nitrogens with zero attached hydrogens (tertiary/aromatic N) is 3. The van der Waals surface area contributed by atoms with Gasteiger partial charge in [-0.25, -0.2) is 4.98 Å². The highest BCUT2D eigenvalue weighted by atomic mass is 32.1. The molecule has 3 heterocycles. The second kappa shape index (κ2) is 8.65. The molecular formula is C24H22N4O2S. The van der Waals surface area contributed by atoms with Crippen LogP contribution in [-0.4, -0.2) is 20.4 Å². The van der Waals surface area contributed by atoms with Crippen molar-refractivity contribution in [1.82, 2.24) is 14.5 Å². The van der Waals surface area contributed by atoms with E-state index in [2.05, 4.69) is 33.5 Å². The van der Waals surface area contributed by atoms with Crippen LogP contribution in [0.25, 0.3) is 11.4 Å².